The third-order valence-corrected chi connectivity index (χ3v) is 2.03. The number of amides is 1. The quantitative estimate of drug-likeness (QED) is 0.776. The van der Waals surface area contributed by atoms with E-state index in [4.69, 9.17) is 10.5 Å². The van der Waals surface area contributed by atoms with Crippen LogP contribution in [0.15, 0.2) is 24.3 Å². The summed E-state index contributed by atoms with van der Waals surface area (Å²) in [5, 5.41) is 2.58. The van der Waals surface area contributed by atoms with E-state index in [1.807, 2.05) is 38.1 Å². The van der Waals surface area contributed by atoms with Crippen LogP contribution < -0.4 is 15.8 Å². The van der Waals surface area contributed by atoms with Crippen LogP contribution >= 0.6 is 0 Å². The van der Waals surface area contributed by atoms with E-state index in [1.165, 1.54) is 0 Å². The van der Waals surface area contributed by atoms with E-state index in [9.17, 15) is 4.79 Å². The van der Waals surface area contributed by atoms with Crippen LogP contribution in [0.3, 0.4) is 0 Å². The number of carbonyl (C=O) groups is 1. The molecule has 0 spiro atoms. The van der Waals surface area contributed by atoms with Crippen molar-refractivity contribution in [2.45, 2.75) is 20.0 Å². The summed E-state index contributed by atoms with van der Waals surface area (Å²) >= 11 is 0. The first-order valence-corrected chi connectivity index (χ1v) is 5.84. The Balaban J connectivity index is 2.66. The second-order valence-corrected chi connectivity index (χ2v) is 3.95. The van der Waals surface area contributed by atoms with Crippen molar-refractivity contribution < 1.29 is 9.53 Å². The normalized spacial score (nSPS) is 9.56. The zero-order valence-electron chi connectivity index (χ0n) is 10.7. The van der Waals surface area contributed by atoms with Gasteiger partial charge in [0.25, 0.3) is 0 Å². The van der Waals surface area contributed by atoms with Crippen LogP contribution in [0.1, 0.15) is 19.4 Å². The summed E-state index contributed by atoms with van der Waals surface area (Å²) < 4.78 is 5.63. The molecule has 4 heteroatoms. The first kappa shape index (κ1) is 14.1. The molecule has 0 aliphatic carbocycles. The highest BCUT2D eigenvalue weighted by atomic mass is 16.5. The van der Waals surface area contributed by atoms with E-state index in [-0.39, 0.29) is 25.1 Å². The van der Waals surface area contributed by atoms with Gasteiger partial charge in [-0.05, 0) is 26.0 Å². The molecule has 0 aliphatic rings. The SMILES string of the molecule is CC(C)Oc1ccccc1C#CCNC(=O)CN. The highest BCUT2D eigenvalue weighted by Crippen LogP contribution is 2.17. The Morgan fingerprint density at radius 3 is 2.83 bits per heavy atom. The molecule has 4 nitrogen and oxygen atoms in total. The van der Waals surface area contributed by atoms with E-state index in [2.05, 4.69) is 17.2 Å². The van der Waals surface area contributed by atoms with Crippen molar-refractivity contribution >= 4 is 5.91 Å². The van der Waals surface area contributed by atoms with Crippen LogP contribution in [0.4, 0.5) is 0 Å². The number of rotatable bonds is 4. The lowest BCUT2D eigenvalue weighted by Gasteiger charge is -2.10. The van der Waals surface area contributed by atoms with E-state index >= 15 is 0 Å². The van der Waals surface area contributed by atoms with E-state index in [0.717, 1.165) is 11.3 Å². The summed E-state index contributed by atoms with van der Waals surface area (Å²) in [6, 6.07) is 7.56. The van der Waals surface area contributed by atoms with Gasteiger partial charge < -0.3 is 15.8 Å². The van der Waals surface area contributed by atoms with Crippen molar-refractivity contribution in [3.8, 4) is 17.6 Å². The fraction of sp³-hybridized carbons (Fsp3) is 0.357. The van der Waals surface area contributed by atoms with Crippen molar-refractivity contribution in [1.29, 1.82) is 0 Å². The van der Waals surface area contributed by atoms with Crippen LogP contribution in [0.5, 0.6) is 5.75 Å². The summed E-state index contributed by atoms with van der Waals surface area (Å²) in [6.07, 6.45) is 0.102. The highest BCUT2D eigenvalue weighted by Gasteiger charge is 2.01. The molecular weight excluding hydrogens is 228 g/mol. The summed E-state index contributed by atoms with van der Waals surface area (Å²) in [5.74, 6) is 6.37. The molecule has 0 radical (unpaired) electrons. The Kier molecular flexibility index (Phi) is 5.75. The highest BCUT2D eigenvalue weighted by molar-refractivity contribution is 5.77. The first-order valence-electron chi connectivity index (χ1n) is 5.84. The first-order chi connectivity index (χ1) is 8.63. The average Bonchev–Trinajstić information content (AvgIpc) is 2.35. The van der Waals surface area contributed by atoms with Gasteiger partial charge in [-0.25, -0.2) is 0 Å². The zero-order chi connectivity index (χ0) is 13.4. The second-order valence-electron chi connectivity index (χ2n) is 3.95. The molecule has 0 saturated heterocycles. The minimum Gasteiger partial charge on any atom is -0.490 e. The predicted octanol–water partition coefficient (Wildman–Crippen LogP) is 0.900. The molecule has 3 N–H and O–H groups in total. The van der Waals surface area contributed by atoms with Gasteiger partial charge in [0.2, 0.25) is 5.91 Å². The fourth-order valence-corrected chi connectivity index (χ4v) is 1.28. The van der Waals surface area contributed by atoms with Crippen LogP contribution in [0, 0.1) is 11.8 Å². The van der Waals surface area contributed by atoms with Gasteiger partial charge in [0, 0.05) is 0 Å². The number of nitrogens with one attached hydrogen (secondary N) is 1. The molecule has 96 valence electrons. The van der Waals surface area contributed by atoms with Gasteiger partial charge in [-0.3, -0.25) is 4.79 Å². The number of benzene rings is 1. The van der Waals surface area contributed by atoms with Gasteiger partial charge in [-0.15, -0.1) is 0 Å². The van der Waals surface area contributed by atoms with Crippen molar-refractivity contribution in [3.05, 3.63) is 29.8 Å². The minimum atomic E-state index is -0.212. The van der Waals surface area contributed by atoms with E-state index < -0.39 is 0 Å². The summed E-state index contributed by atoms with van der Waals surface area (Å²) in [7, 11) is 0. The van der Waals surface area contributed by atoms with Gasteiger partial charge >= 0.3 is 0 Å². The molecule has 1 aromatic rings. The molecule has 18 heavy (non-hydrogen) atoms. The second kappa shape index (κ2) is 7.36. The van der Waals surface area contributed by atoms with Crippen molar-refractivity contribution in [3.63, 3.8) is 0 Å². The molecule has 0 atom stereocenters. The molecule has 0 aliphatic heterocycles. The summed E-state index contributed by atoms with van der Waals surface area (Å²) in [5.41, 5.74) is 5.98. The molecule has 0 heterocycles. The lowest BCUT2D eigenvalue weighted by atomic mass is 10.2. The van der Waals surface area contributed by atoms with Gasteiger partial charge in [0.15, 0.2) is 0 Å². The third kappa shape index (κ3) is 4.89. The van der Waals surface area contributed by atoms with E-state index in [1.54, 1.807) is 0 Å². The predicted molar refractivity (Wildman–Crippen MR) is 71.1 cm³/mol. The zero-order valence-corrected chi connectivity index (χ0v) is 10.7. The smallest absolute Gasteiger partial charge is 0.234 e. The van der Waals surface area contributed by atoms with Gasteiger partial charge in [-0.2, -0.15) is 0 Å². The molecule has 1 aromatic carbocycles. The van der Waals surface area contributed by atoms with Crippen LogP contribution in [0.2, 0.25) is 0 Å². The van der Waals surface area contributed by atoms with Gasteiger partial charge in [0.05, 0.1) is 24.8 Å². The van der Waals surface area contributed by atoms with Crippen molar-refractivity contribution in [1.82, 2.24) is 5.32 Å². The molecule has 1 amide bonds. The Bertz CT molecular complexity index is 458. The number of ether oxygens (including phenoxy) is 1. The number of para-hydroxylation sites is 1. The maximum Gasteiger partial charge on any atom is 0.234 e. The number of nitrogens with two attached hydrogens (primary N) is 1. The van der Waals surface area contributed by atoms with E-state index in [0.29, 0.717) is 0 Å². The number of hydrogen-bond acceptors (Lipinski definition) is 3. The summed E-state index contributed by atoms with van der Waals surface area (Å²) in [6.45, 7) is 4.19. The average molecular weight is 246 g/mol. The van der Waals surface area contributed by atoms with Crippen molar-refractivity contribution in [2.75, 3.05) is 13.1 Å². The molecule has 0 unspecified atom stereocenters. The van der Waals surface area contributed by atoms with Gasteiger partial charge in [0.1, 0.15) is 5.75 Å². The Labute approximate surface area is 108 Å². The summed E-state index contributed by atoms with van der Waals surface area (Å²) in [4.78, 5) is 10.9. The maximum atomic E-state index is 10.9. The lowest BCUT2D eigenvalue weighted by Crippen LogP contribution is -2.30. The largest absolute Gasteiger partial charge is 0.490 e. The molecule has 0 fully saturated rings. The Hall–Kier alpha value is -1.99. The fourth-order valence-electron chi connectivity index (χ4n) is 1.28. The lowest BCUT2D eigenvalue weighted by molar-refractivity contribution is -0.119. The number of carbonyl (C=O) groups excluding carboxylic acids is 1. The topological polar surface area (TPSA) is 64.3 Å². The third-order valence-electron chi connectivity index (χ3n) is 2.03. The molecule has 1 rings (SSSR count). The van der Waals surface area contributed by atoms with Gasteiger partial charge in [-0.1, -0.05) is 24.0 Å². The Morgan fingerprint density at radius 1 is 1.44 bits per heavy atom. The monoisotopic (exact) mass is 246 g/mol. The maximum absolute atomic E-state index is 10.9. The molecular formula is C14H18N2O2. The Morgan fingerprint density at radius 2 is 2.17 bits per heavy atom. The van der Waals surface area contributed by atoms with Crippen molar-refractivity contribution in [2.24, 2.45) is 5.73 Å². The molecule has 0 bridgehead atoms. The van der Waals surface area contributed by atoms with Crippen LogP contribution in [-0.2, 0) is 4.79 Å². The molecule has 0 saturated carbocycles. The van der Waals surface area contributed by atoms with Crippen LogP contribution in [-0.4, -0.2) is 25.1 Å². The number of hydrogen-bond donors (Lipinski definition) is 2. The van der Waals surface area contributed by atoms with Crippen LogP contribution in [0.25, 0.3) is 0 Å². The minimum absolute atomic E-state index is 0.0191. The standard InChI is InChI=1S/C14H18N2O2/c1-11(2)18-13-8-4-3-6-12(13)7-5-9-16-14(17)10-15/h3-4,6,8,11H,9-10,15H2,1-2H3,(H,16,17). The molecule has 0 aromatic heterocycles.